The van der Waals surface area contributed by atoms with Crippen LogP contribution in [0.25, 0.3) is 0 Å². The summed E-state index contributed by atoms with van der Waals surface area (Å²) in [6.07, 6.45) is 8.43. The summed E-state index contributed by atoms with van der Waals surface area (Å²) in [6.45, 7) is 0.824. The number of anilines is 1. The van der Waals surface area contributed by atoms with Gasteiger partial charge in [0, 0.05) is 21.5 Å². The van der Waals surface area contributed by atoms with Gasteiger partial charge in [0.05, 0.1) is 5.56 Å². The van der Waals surface area contributed by atoms with Crippen LogP contribution in [0.1, 0.15) is 42.5 Å². The maximum atomic E-state index is 11.3. The predicted molar refractivity (Wildman–Crippen MR) is 88.9 cm³/mol. The molecule has 0 aromatic heterocycles. The Morgan fingerprint density at radius 2 is 2.10 bits per heavy atom. The Hall–Kier alpha value is -0.680. The molecular formula is C15H20BrNO2S. The molecule has 110 valence electrons. The Bertz CT molecular complexity index is 487. The maximum Gasteiger partial charge on any atom is 0.337 e. The number of benzene rings is 1. The highest BCUT2D eigenvalue weighted by Gasteiger charge is 2.31. The van der Waals surface area contributed by atoms with Crippen molar-refractivity contribution >= 4 is 39.3 Å². The van der Waals surface area contributed by atoms with Crippen molar-refractivity contribution in [1.82, 2.24) is 0 Å². The minimum Gasteiger partial charge on any atom is -0.478 e. The van der Waals surface area contributed by atoms with E-state index in [1.807, 2.05) is 17.8 Å². The number of thioether (sulfide) groups is 1. The summed E-state index contributed by atoms with van der Waals surface area (Å²) in [7, 11) is 0. The summed E-state index contributed by atoms with van der Waals surface area (Å²) < 4.78 is 1.14. The zero-order valence-corrected chi connectivity index (χ0v) is 14.0. The first-order valence-electron chi connectivity index (χ1n) is 6.88. The molecule has 1 fully saturated rings. The zero-order valence-electron chi connectivity index (χ0n) is 11.6. The smallest absolute Gasteiger partial charge is 0.337 e. The van der Waals surface area contributed by atoms with Crippen molar-refractivity contribution < 1.29 is 9.90 Å². The van der Waals surface area contributed by atoms with Crippen molar-refractivity contribution in [3.63, 3.8) is 0 Å². The highest BCUT2D eigenvalue weighted by molar-refractivity contribution is 9.10. The Labute approximate surface area is 132 Å². The van der Waals surface area contributed by atoms with Crippen LogP contribution >= 0.6 is 27.7 Å². The van der Waals surface area contributed by atoms with Crippen LogP contribution < -0.4 is 5.32 Å². The van der Waals surface area contributed by atoms with Gasteiger partial charge in [0.1, 0.15) is 0 Å². The number of hydrogen-bond donors (Lipinski definition) is 2. The first-order chi connectivity index (χ1) is 9.56. The molecule has 0 radical (unpaired) electrons. The van der Waals surface area contributed by atoms with E-state index in [2.05, 4.69) is 27.5 Å². The summed E-state index contributed by atoms with van der Waals surface area (Å²) >= 11 is 5.31. The summed E-state index contributed by atoms with van der Waals surface area (Å²) in [5.41, 5.74) is 1.03. The van der Waals surface area contributed by atoms with Gasteiger partial charge in [-0.25, -0.2) is 4.79 Å². The van der Waals surface area contributed by atoms with Crippen LogP contribution in [0.3, 0.4) is 0 Å². The van der Waals surface area contributed by atoms with E-state index >= 15 is 0 Å². The van der Waals surface area contributed by atoms with E-state index in [1.165, 1.54) is 32.1 Å². The van der Waals surface area contributed by atoms with Crippen LogP contribution in [0.5, 0.6) is 0 Å². The molecular weight excluding hydrogens is 338 g/mol. The van der Waals surface area contributed by atoms with Gasteiger partial charge in [-0.05, 0) is 37.3 Å². The first kappa shape index (κ1) is 15.7. The quantitative estimate of drug-likeness (QED) is 0.806. The van der Waals surface area contributed by atoms with Gasteiger partial charge in [-0.1, -0.05) is 35.2 Å². The molecule has 20 heavy (non-hydrogen) atoms. The molecule has 1 saturated carbocycles. The van der Waals surface area contributed by atoms with Crippen molar-refractivity contribution in [3.8, 4) is 0 Å². The molecule has 0 heterocycles. The fraction of sp³-hybridized carbons (Fsp3) is 0.533. The monoisotopic (exact) mass is 357 g/mol. The van der Waals surface area contributed by atoms with Gasteiger partial charge in [-0.3, -0.25) is 0 Å². The van der Waals surface area contributed by atoms with Crippen molar-refractivity contribution in [1.29, 1.82) is 0 Å². The van der Waals surface area contributed by atoms with Gasteiger partial charge in [0.15, 0.2) is 0 Å². The third kappa shape index (κ3) is 3.70. The minimum atomic E-state index is -0.887. The summed E-state index contributed by atoms with van der Waals surface area (Å²) in [5, 5.41) is 12.6. The lowest BCUT2D eigenvalue weighted by atomic mass is 9.88. The van der Waals surface area contributed by atoms with Crippen LogP contribution in [0.4, 0.5) is 5.69 Å². The average molecular weight is 358 g/mol. The number of hydrogen-bond acceptors (Lipinski definition) is 3. The highest BCUT2D eigenvalue weighted by Crippen LogP contribution is 2.39. The fourth-order valence-electron chi connectivity index (χ4n) is 2.75. The van der Waals surface area contributed by atoms with E-state index in [9.17, 15) is 9.90 Å². The van der Waals surface area contributed by atoms with E-state index in [1.54, 1.807) is 12.1 Å². The lowest BCUT2D eigenvalue weighted by Crippen LogP contribution is -2.35. The van der Waals surface area contributed by atoms with E-state index in [4.69, 9.17) is 0 Å². The van der Waals surface area contributed by atoms with E-state index < -0.39 is 5.97 Å². The second-order valence-corrected chi connectivity index (χ2v) is 7.49. The third-order valence-electron chi connectivity index (χ3n) is 4.01. The molecule has 0 unspecified atom stereocenters. The Balaban J connectivity index is 2.13. The lowest BCUT2D eigenvalue weighted by Gasteiger charge is -2.36. The SMILES string of the molecule is CSC1(CNc2cc(Br)ccc2C(=O)O)CCCCC1. The van der Waals surface area contributed by atoms with Crippen LogP contribution in [-0.2, 0) is 0 Å². The fourth-order valence-corrected chi connectivity index (χ4v) is 4.03. The van der Waals surface area contributed by atoms with Crippen LogP contribution in [0, 0.1) is 0 Å². The number of halogens is 1. The molecule has 1 aromatic rings. The Kier molecular flexibility index (Phi) is 5.38. The van der Waals surface area contributed by atoms with Crippen molar-refractivity contribution in [2.45, 2.75) is 36.9 Å². The highest BCUT2D eigenvalue weighted by atomic mass is 79.9. The average Bonchev–Trinajstić information content (AvgIpc) is 2.46. The van der Waals surface area contributed by atoms with Gasteiger partial charge < -0.3 is 10.4 Å². The van der Waals surface area contributed by atoms with Crippen LogP contribution in [0.15, 0.2) is 22.7 Å². The lowest BCUT2D eigenvalue weighted by molar-refractivity contribution is 0.0698. The van der Waals surface area contributed by atoms with Gasteiger partial charge in [-0.15, -0.1) is 0 Å². The molecule has 2 rings (SSSR count). The number of nitrogens with one attached hydrogen (secondary N) is 1. The summed E-state index contributed by atoms with van der Waals surface area (Å²) in [5.74, 6) is -0.887. The van der Waals surface area contributed by atoms with Crippen molar-refractivity contribution in [3.05, 3.63) is 28.2 Å². The van der Waals surface area contributed by atoms with E-state index in [-0.39, 0.29) is 4.75 Å². The molecule has 1 aliphatic rings. The second-order valence-electron chi connectivity index (χ2n) is 5.30. The predicted octanol–water partition coefficient (Wildman–Crippen LogP) is 4.63. The molecule has 0 atom stereocenters. The Morgan fingerprint density at radius 1 is 1.40 bits per heavy atom. The van der Waals surface area contributed by atoms with Gasteiger partial charge in [0.2, 0.25) is 0 Å². The molecule has 0 bridgehead atoms. The summed E-state index contributed by atoms with van der Waals surface area (Å²) in [4.78, 5) is 11.3. The van der Waals surface area contributed by atoms with Crippen molar-refractivity contribution in [2.24, 2.45) is 0 Å². The summed E-state index contributed by atoms with van der Waals surface area (Å²) in [6, 6.07) is 5.25. The molecule has 0 saturated heterocycles. The zero-order chi connectivity index (χ0) is 14.6. The second kappa shape index (κ2) is 6.85. The Morgan fingerprint density at radius 3 is 2.70 bits per heavy atom. The molecule has 0 amide bonds. The maximum absolute atomic E-state index is 11.3. The molecule has 0 aliphatic heterocycles. The van der Waals surface area contributed by atoms with E-state index in [0.29, 0.717) is 11.3 Å². The molecule has 3 nitrogen and oxygen atoms in total. The van der Waals surface area contributed by atoms with Gasteiger partial charge in [-0.2, -0.15) is 11.8 Å². The number of carbonyl (C=O) groups is 1. The minimum absolute atomic E-state index is 0.246. The van der Waals surface area contributed by atoms with E-state index in [0.717, 1.165) is 11.0 Å². The first-order valence-corrected chi connectivity index (χ1v) is 8.90. The molecule has 1 aromatic carbocycles. The molecule has 5 heteroatoms. The van der Waals surface area contributed by atoms with Gasteiger partial charge >= 0.3 is 5.97 Å². The largest absolute Gasteiger partial charge is 0.478 e. The standard InChI is InChI=1S/C15H20BrNO2S/c1-20-15(7-3-2-4-8-15)10-17-13-9-11(16)5-6-12(13)14(18)19/h5-6,9,17H,2-4,7-8,10H2,1H3,(H,18,19). The van der Waals surface area contributed by atoms with Crippen LogP contribution in [0.2, 0.25) is 0 Å². The molecule has 0 spiro atoms. The molecule has 1 aliphatic carbocycles. The van der Waals surface area contributed by atoms with Crippen molar-refractivity contribution in [2.75, 3.05) is 18.1 Å². The number of carboxylic acids is 1. The third-order valence-corrected chi connectivity index (χ3v) is 5.92. The van der Waals surface area contributed by atoms with Gasteiger partial charge in [0.25, 0.3) is 0 Å². The number of aromatic carboxylic acids is 1. The topological polar surface area (TPSA) is 49.3 Å². The van der Waals surface area contributed by atoms with Crippen LogP contribution in [-0.4, -0.2) is 28.6 Å². The molecule has 2 N–H and O–H groups in total. The number of carboxylic acid groups (broad SMARTS) is 1. The number of rotatable bonds is 5. The normalized spacial score (nSPS) is 17.7.